The third-order valence-electron chi connectivity index (χ3n) is 3.48. The summed E-state index contributed by atoms with van der Waals surface area (Å²) in [5, 5.41) is 2.71. The maximum absolute atomic E-state index is 12.2. The summed E-state index contributed by atoms with van der Waals surface area (Å²) in [6.07, 6.45) is 1.71. The van der Waals surface area contributed by atoms with Gasteiger partial charge in [0.15, 0.2) is 0 Å². The highest BCUT2D eigenvalue weighted by atomic mass is 31.2. The number of phosphoric ester groups is 1. The fourth-order valence-corrected chi connectivity index (χ4v) is 2.94. The normalized spacial score (nSPS) is 15.7. The molecule has 8 heteroatoms. The van der Waals surface area contributed by atoms with Crippen molar-refractivity contribution in [2.45, 2.75) is 13.8 Å². The first-order valence-corrected chi connectivity index (χ1v) is 8.35. The summed E-state index contributed by atoms with van der Waals surface area (Å²) in [6.45, 7) is 3.85. The maximum Gasteiger partial charge on any atom is 0.524 e. The standard InChI is InChI=1S/C15H15N2O5P/c1-8-5-9(2)16-14(8)7-12-11-6-10(22-23(19,20)21)3-4-13(11)17-15(12)18/h3-7,16H,1-2H3,(H,17,18)(H2,19,20,21). The van der Waals surface area contributed by atoms with Crippen molar-refractivity contribution >= 4 is 31.1 Å². The number of rotatable bonds is 3. The molecule has 2 heterocycles. The van der Waals surface area contributed by atoms with Crippen LogP contribution in [0.4, 0.5) is 5.69 Å². The first kappa shape index (κ1) is 15.6. The fourth-order valence-electron chi connectivity index (χ4n) is 2.55. The minimum Gasteiger partial charge on any atom is -0.404 e. The Balaban J connectivity index is 2.05. The number of aryl methyl sites for hydroxylation is 2. The number of hydrogen-bond acceptors (Lipinski definition) is 3. The van der Waals surface area contributed by atoms with Gasteiger partial charge in [0.1, 0.15) is 5.75 Å². The third kappa shape index (κ3) is 3.22. The van der Waals surface area contributed by atoms with Gasteiger partial charge in [-0.15, -0.1) is 0 Å². The number of aromatic nitrogens is 1. The number of fused-ring (bicyclic) bond motifs is 1. The summed E-state index contributed by atoms with van der Waals surface area (Å²) < 4.78 is 15.5. The highest BCUT2D eigenvalue weighted by molar-refractivity contribution is 7.46. The summed E-state index contributed by atoms with van der Waals surface area (Å²) in [4.78, 5) is 33.1. The van der Waals surface area contributed by atoms with Gasteiger partial charge in [-0.05, 0) is 49.8 Å². The van der Waals surface area contributed by atoms with Gasteiger partial charge < -0.3 is 14.8 Å². The Morgan fingerprint density at radius 2 is 1.96 bits per heavy atom. The van der Waals surface area contributed by atoms with Crippen molar-refractivity contribution < 1.29 is 23.7 Å². The summed E-state index contributed by atoms with van der Waals surface area (Å²) in [7, 11) is -4.65. The Bertz CT molecular complexity index is 878. The predicted molar refractivity (Wildman–Crippen MR) is 85.9 cm³/mol. The number of H-pyrrole nitrogens is 1. The zero-order valence-electron chi connectivity index (χ0n) is 12.5. The lowest BCUT2D eigenvalue weighted by atomic mass is 10.0. The number of phosphoric acid groups is 1. The number of aromatic amines is 1. The van der Waals surface area contributed by atoms with Gasteiger partial charge in [-0.3, -0.25) is 14.6 Å². The van der Waals surface area contributed by atoms with Crippen LogP contribution in [0.2, 0.25) is 0 Å². The van der Waals surface area contributed by atoms with Gasteiger partial charge >= 0.3 is 7.82 Å². The molecule has 4 N–H and O–H groups in total. The van der Waals surface area contributed by atoms with Crippen molar-refractivity contribution in [3.63, 3.8) is 0 Å². The Labute approximate surface area is 132 Å². The molecule has 1 amide bonds. The highest BCUT2D eigenvalue weighted by Crippen LogP contribution is 2.41. The number of nitrogens with one attached hydrogen (secondary N) is 2. The summed E-state index contributed by atoms with van der Waals surface area (Å²) in [5.41, 5.74) is 4.29. The number of carbonyl (C=O) groups is 1. The molecule has 0 unspecified atom stereocenters. The molecule has 0 atom stereocenters. The van der Waals surface area contributed by atoms with E-state index in [1.165, 1.54) is 12.1 Å². The molecule has 3 rings (SSSR count). The van der Waals surface area contributed by atoms with Crippen molar-refractivity contribution in [2.75, 3.05) is 5.32 Å². The van der Waals surface area contributed by atoms with Crippen molar-refractivity contribution in [1.29, 1.82) is 0 Å². The minimum atomic E-state index is -4.65. The van der Waals surface area contributed by atoms with Crippen LogP contribution in [0.15, 0.2) is 24.3 Å². The first-order valence-electron chi connectivity index (χ1n) is 6.82. The van der Waals surface area contributed by atoms with Crippen LogP contribution >= 0.6 is 7.82 Å². The molecule has 0 radical (unpaired) electrons. The van der Waals surface area contributed by atoms with Crippen LogP contribution in [0.3, 0.4) is 0 Å². The van der Waals surface area contributed by atoms with Crippen LogP contribution in [-0.2, 0) is 9.36 Å². The van der Waals surface area contributed by atoms with Crippen molar-refractivity contribution in [3.05, 3.63) is 46.8 Å². The molecule has 1 aliphatic heterocycles. The van der Waals surface area contributed by atoms with Crippen LogP contribution in [0.1, 0.15) is 22.5 Å². The van der Waals surface area contributed by atoms with E-state index >= 15 is 0 Å². The molecule has 2 aromatic rings. The van der Waals surface area contributed by atoms with E-state index < -0.39 is 7.82 Å². The van der Waals surface area contributed by atoms with Gasteiger partial charge in [0.25, 0.3) is 5.91 Å². The van der Waals surface area contributed by atoms with E-state index in [9.17, 15) is 9.36 Å². The number of benzene rings is 1. The predicted octanol–water partition coefficient (Wildman–Crippen LogP) is 2.60. The van der Waals surface area contributed by atoms with Crippen molar-refractivity contribution in [1.82, 2.24) is 4.98 Å². The molecule has 0 fully saturated rings. The topological polar surface area (TPSA) is 112 Å². The summed E-state index contributed by atoms with van der Waals surface area (Å²) in [6, 6.07) is 6.34. The van der Waals surface area contributed by atoms with E-state index in [1.807, 2.05) is 19.9 Å². The van der Waals surface area contributed by atoms with Gasteiger partial charge in [-0.1, -0.05) is 0 Å². The molecule has 1 aromatic carbocycles. The molecule has 0 saturated heterocycles. The van der Waals surface area contributed by atoms with E-state index in [0.29, 0.717) is 16.8 Å². The third-order valence-corrected chi connectivity index (χ3v) is 3.93. The average Bonchev–Trinajstić information content (AvgIpc) is 2.89. The van der Waals surface area contributed by atoms with Gasteiger partial charge in [0.05, 0.1) is 5.57 Å². The number of hydrogen-bond donors (Lipinski definition) is 4. The molecule has 7 nitrogen and oxygen atoms in total. The summed E-state index contributed by atoms with van der Waals surface area (Å²) >= 11 is 0. The highest BCUT2D eigenvalue weighted by Gasteiger charge is 2.26. The first-order chi connectivity index (χ1) is 10.7. The number of carbonyl (C=O) groups excluding carboxylic acids is 1. The Kier molecular flexibility index (Phi) is 3.64. The van der Waals surface area contributed by atoms with E-state index in [0.717, 1.165) is 17.0 Å². The van der Waals surface area contributed by atoms with E-state index in [4.69, 9.17) is 9.79 Å². The van der Waals surface area contributed by atoms with Gasteiger partial charge in [-0.25, -0.2) is 4.57 Å². The van der Waals surface area contributed by atoms with Crippen LogP contribution in [0.5, 0.6) is 5.75 Å². The van der Waals surface area contributed by atoms with Gasteiger partial charge in [0.2, 0.25) is 0 Å². The maximum atomic E-state index is 12.2. The fraction of sp³-hybridized carbons (Fsp3) is 0.133. The largest absolute Gasteiger partial charge is 0.524 e. The second-order valence-electron chi connectivity index (χ2n) is 5.35. The van der Waals surface area contributed by atoms with E-state index in [2.05, 4.69) is 14.8 Å². The molecule has 0 aliphatic carbocycles. The zero-order valence-corrected chi connectivity index (χ0v) is 13.3. The van der Waals surface area contributed by atoms with Crippen LogP contribution in [0.25, 0.3) is 11.6 Å². The number of amides is 1. The molecule has 0 saturated carbocycles. The SMILES string of the molecule is Cc1cc(C)c(C=C2C(=O)Nc3ccc(OP(=O)(O)O)cc32)[nH]1. The van der Waals surface area contributed by atoms with Crippen molar-refractivity contribution in [3.8, 4) is 5.75 Å². The smallest absolute Gasteiger partial charge is 0.404 e. The molecular weight excluding hydrogens is 319 g/mol. The lowest BCUT2D eigenvalue weighted by molar-refractivity contribution is -0.110. The monoisotopic (exact) mass is 334 g/mol. The van der Waals surface area contributed by atoms with Crippen LogP contribution < -0.4 is 9.84 Å². The Morgan fingerprint density at radius 3 is 2.57 bits per heavy atom. The second kappa shape index (κ2) is 5.38. The molecule has 1 aliphatic rings. The Hall–Kier alpha value is -2.34. The minimum absolute atomic E-state index is 0.00104. The van der Waals surface area contributed by atoms with Crippen LogP contribution in [0, 0.1) is 13.8 Å². The van der Waals surface area contributed by atoms with E-state index in [1.54, 1.807) is 12.1 Å². The van der Waals surface area contributed by atoms with Crippen LogP contribution in [-0.4, -0.2) is 20.7 Å². The second-order valence-corrected chi connectivity index (χ2v) is 6.51. The molecule has 0 spiro atoms. The molecular formula is C15H15N2O5P. The Morgan fingerprint density at radius 1 is 1.22 bits per heavy atom. The quantitative estimate of drug-likeness (QED) is 0.509. The van der Waals surface area contributed by atoms with Gasteiger partial charge in [0, 0.05) is 22.6 Å². The lowest BCUT2D eigenvalue weighted by Gasteiger charge is -2.08. The molecule has 120 valence electrons. The van der Waals surface area contributed by atoms with Crippen molar-refractivity contribution in [2.24, 2.45) is 0 Å². The molecule has 23 heavy (non-hydrogen) atoms. The number of anilines is 1. The summed E-state index contributed by atoms with van der Waals surface area (Å²) in [5.74, 6) is -0.279. The zero-order chi connectivity index (χ0) is 16.8. The van der Waals surface area contributed by atoms with Gasteiger partial charge in [-0.2, -0.15) is 0 Å². The van der Waals surface area contributed by atoms with E-state index in [-0.39, 0.29) is 11.7 Å². The lowest BCUT2D eigenvalue weighted by Crippen LogP contribution is -2.03. The average molecular weight is 334 g/mol. The molecule has 0 bridgehead atoms. The molecule has 1 aromatic heterocycles.